The van der Waals surface area contributed by atoms with Gasteiger partial charge in [0.15, 0.2) is 0 Å². The van der Waals surface area contributed by atoms with Crippen LogP contribution in [0, 0.1) is 0 Å². The minimum atomic E-state index is -0.716. The fourth-order valence-electron chi connectivity index (χ4n) is 1.75. The Bertz CT molecular complexity index is 451. The summed E-state index contributed by atoms with van der Waals surface area (Å²) >= 11 is 0. The van der Waals surface area contributed by atoms with E-state index in [1.807, 2.05) is 42.5 Å². The summed E-state index contributed by atoms with van der Waals surface area (Å²) in [5.41, 5.74) is 2.16. The van der Waals surface area contributed by atoms with Gasteiger partial charge in [-0.3, -0.25) is 0 Å². The molecule has 2 aromatic carbocycles. The molecule has 0 aliphatic rings. The molecule has 1 atom stereocenters. The third-order valence-electron chi connectivity index (χ3n) is 2.62. The summed E-state index contributed by atoms with van der Waals surface area (Å²) in [6.45, 7) is -0.305. The van der Waals surface area contributed by atoms with Crippen LogP contribution in [-0.2, 0) is 11.7 Å². The summed E-state index contributed by atoms with van der Waals surface area (Å²) < 4.78 is 0. The fourth-order valence-corrected chi connectivity index (χ4v) is 1.75. The molecule has 0 aliphatic carbocycles. The lowest BCUT2D eigenvalue weighted by atomic mass is 9.97. The van der Waals surface area contributed by atoms with Gasteiger partial charge in [-0.25, -0.2) is 5.11 Å². The molecule has 2 aromatic rings. The highest BCUT2D eigenvalue weighted by molar-refractivity contribution is 5.35. The maximum Gasteiger partial charge on any atom is 0.108 e. The van der Waals surface area contributed by atoms with Crippen LogP contribution < -0.4 is 0 Å². The summed E-state index contributed by atoms with van der Waals surface area (Å²) in [6, 6.07) is 16.6. The zero-order chi connectivity index (χ0) is 11.4. The molecule has 16 heavy (non-hydrogen) atoms. The molecule has 0 amide bonds. The molecule has 1 unspecified atom stereocenters. The summed E-state index contributed by atoms with van der Waals surface area (Å²) in [5.74, 6) is 0. The summed E-state index contributed by atoms with van der Waals surface area (Å²) in [7, 11) is 0. The number of hydrogen-bond acceptors (Lipinski definition) is 1. The van der Waals surface area contributed by atoms with Crippen LogP contribution in [0.1, 0.15) is 22.8 Å². The Morgan fingerprint density at radius 3 is 2.25 bits per heavy atom. The van der Waals surface area contributed by atoms with E-state index in [9.17, 15) is 10.2 Å². The van der Waals surface area contributed by atoms with Gasteiger partial charge in [0.25, 0.3) is 0 Å². The highest BCUT2D eigenvalue weighted by Crippen LogP contribution is 2.24. The zero-order valence-corrected chi connectivity index (χ0v) is 8.84. The van der Waals surface area contributed by atoms with Crippen LogP contribution in [0.5, 0.6) is 0 Å². The first-order chi connectivity index (χ1) is 7.83. The number of benzene rings is 2. The summed E-state index contributed by atoms with van der Waals surface area (Å²) in [4.78, 5) is 0. The first-order valence-corrected chi connectivity index (χ1v) is 5.22. The average Bonchev–Trinajstić information content (AvgIpc) is 2.39. The van der Waals surface area contributed by atoms with Crippen molar-refractivity contribution >= 4 is 0 Å². The zero-order valence-electron chi connectivity index (χ0n) is 8.84. The molecular formula is C14H13O2. The van der Waals surface area contributed by atoms with Crippen LogP contribution in [0.25, 0.3) is 0 Å². The normalized spacial score (nSPS) is 12.4. The molecular weight excluding hydrogens is 200 g/mol. The summed E-state index contributed by atoms with van der Waals surface area (Å²) in [6.07, 6.45) is -0.716. The Morgan fingerprint density at radius 1 is 0.938 bits per heavy atom. The molecule has 2 heteroatoms. The Labute approximate surface area is 94.8 Å². The molecule has 0 saturated heterocycles. The predicted molar refractivity (Wildman–Crippen MR) is 61.3 cm³/mol. The third-order valence-corrected chi connectivity index (χ3v) is 2.62. The maximum absolute atomic E-state index is 11.0. The Kier molecular flexibility index (Phi) is 3.34. The van der Waals surface area contributed by atoms with E-state index in [0.717, 1.165) is 5.56 Å². The Hall–Kier alpha value is -1.64. The smallest absolute Gasteiger partial charge is 0.108 e. The Morgan fingerprint density at radius 2 is 1.56 bits per heavy atom. The van der Waals surface area contributed by atoms with Gasteiger partial charge in [-0.05, 0) is 16.7 Å². The number of rotatable bonds is 3. The van der Waals surface area contributed by atoms with Gasteiger partial charge in [0.1, 0.15) is 12.7 Å². The van der Waals surface area contributed by atoms with Crippen molar-refractivity contribution in [2.45, 2.75) is 12.7 Å². The van der Waals surface area contributed by atoms with Crippen molar-refractivity contribution in [3.05, 3.63) is 71.3 Å². The molecule has 81 valence electrons. The van der Waals surface area contributed by atoms with Gasteiger partial charge in [-0.15, -0.1) is 0 Å². The molecule has 0 aliphatic heterocycles. The maximum atomic E-state index is 11.0. The summed E-state index contributed by atoms with van der Waals surface area (Å²) in [5, 5.41) is 21.1. The molecule has 0 saturated carbocycles. The SMILES string of the molecule is [O]Cc1ccccc1C(O)c1ccccc1. The van der Waals surface area contributed by atoms with E-state index < -0.39 is 6.10 Å². The molecule has 1 N–H and O–H groups in total. The lowest BCUT2D eigenvalue weighted by Gasteiger charge is -2.14. The average molecular weight is 213 g/mol. The molecule has 0 fully saturated rings. The van der Waals surface area contributed by atoms with E-state index in [0.29, 0.717) is 11.1 Å². The second kappa shape index (κ2) is 4.92. The standard InChI is InChI=1S/C14H13O2/c15-10-12-8-4-5-9-13(12)14(16)11-6-2-1-3-7-11/h1-9,14,16H,10H2. The van der Waals surface area contributed by atoms with E-state index in [4.69, 9.17) is 0 Å². The molecule has 2 rings (SSSR count). The molecule has 0 heterocycles. The first-order valence-electron chi connectivity index (χ1n) is 5.22. The van der Waals surface area contributed by atoms with E-state index >= 15 is 0 Å². The first kappa shape index (κ1) is 10.9. The minimum absolute atomic E-state index is 0.305. The van der Waals surface area contributed by atoms with Crippen molar-refractivity contribution in [3.8, 4) is 0 Å². The largest absolute Gasteiger partial charge is 0.384 e. The van der Waals surface area contributed by atoms with Gasteiger partial charge in [0.05, 0.1) is 0 Å². The fraction of sp³-hybridized carbons (Fsp3) is 0.143. The van der Waals surface area contributed by atoms with Gasteiger partial charge >= 0.3 is 0 Å². The van der Waals surface area contributed by atoms with Crippen molar-refractivity contribution in [2.24, 2.45) is 0 Å². The monoisotopic (exact) mass is 213 g/mol. The topological polar surface area (TPSA) is 40.1 Å². The predicted octanol–water partition coefficient (Wildman–Crippen LogP) is 2.70. The van der Waals surface area contributed by atoms with Gasteiger partial charge in [0.2, 0.25) is 0 Å². The van der Waals surface area contributed by atoms with Gasteiger partial charge < -0.3 is 5.11 Å². The highest BCUT2D eigenvalue weighted by Gasteiger charge is 2.13. The van der Waals surface area contributed by atoms with Crippen LogP contribution in [-0.4, -0.2) is 5.11 Å². The van der Waals surface area contributed by atoms with E-state index in [1.54, 1.807) is 12.1 Å². The molecule has 2 nitrogen and oxygen atoms in total. The van der Waals surface area contributed by atoms with Crippen molar-refractivity contribution in [1.82, 2.24) is 0 Å². The van der Waals surface area contributed by atoms with Crippen LogP contribution in [0.4, 0.5) is 0 Å². The van der Waals surface area contributed by atoms with E-state index in [-0.39, 0.29) is 6.61 Å². The number of aliphatic hydroxyl groups is 1. The lowest BCUT2D eigenvalue weighted by molar-refractivity contribution is 0.169. The van der Waals surface area contributed by atoms with Crippen LogP contribution in [0.15, 0.2) is 54.6 Å². The molecule has 0 spiro atoms. The molecule has 1 radical (unpaired) electrons. The minimum Gasteiger partial charge on any atom is -0.384 e. The van der Waals surface area contributed by atoms with Crippen LogP contribution in [0.2, 0.25) is 0 Å². The molecule has 0 aromatic heterocycles. The van der Waals surface area contributed by atoms with Crippen LogP contribution >= 0.6 is 0 Å². The van der Waals surface area contributed by atoms with Crippen LogP contribution in [0.3, 0.4) is 0 Å². The Balaban J connectivity index is 2.37. The quantitative estimate of drug-likeness (QED) is 0.836. The van der Waals surface area contributed by atoms with E-state index in [1.165, 1.54) is 0 Å². The molecule has 0 bridgehead atoms. The van der Waals surface area contributed by atoms with Crippen molar-refractivity contribution < 1.29 is 10.2 Å². The highest BCUT2D eigenvalue weighted by atomic mass is 16.3. The van der Waals surface area contributed by atoms with Crippen molar-refractivity contribution in [2.75, 3.05) is 0 Å². The third kappa shape index (κ3) is 2.13. The number of aliphatic hydroxyl groups excluding tert-OH is 1. The van der Waals surface area contributed by atoms with E-state index in [2.05, 4.69) is 0 Å². The van der Waals surface area contributed by atoms with Gasteiger partial charge in [0, 0.05) is 0 Å². The van der Waals surface area contributed by atoms with Gasteiger partial charge in [-0.2, -0.15) is 0 Å². The van der Waals surface area contributed by atoms with Crippen molar-refractivity contribution in [1.29, 1.82) is 0 Å². The number of hydrogen-bond donors (Lipinski definition) is 1. The van der Waals surface area contributed by atoms with Crippen molar-refractivity contribution in [3.63, 3.8) is 0 Å². The van der Waals surface area contributed by atoms with Gasteiger partial charge in [-0.1, -0.05) is 54.6 Å². The second-order valence-electron chi connectivity index (χ2n) is 3.66. The lowest BCUT2D eigenvalue weighted by Crippen LogP contribution is -2.03. The second-order valence-corrected chi connectivity index (χ2v) is 3.66.